The van der Waals surface area contributed by atoms with Crippen LogP contribution in [0.4, 0.5) is 5.69 Å². The molecule has 0 bridgehead atoms. The van der Waals surface area contributed by atoms with Crippen molar-refractivity contribution in [2.45, 2.75) is 25.9 Å². The molecule has 11 nitrogen and oxygen atoms in total. The summed E-state index contributed by atoms with van der Waals surface area (Å²) in [6.07, 6.45) is 0.664. The Kier molecular flexibility index (Phi) is 8.01. The Morgan fingerprint density at radius 2 is 1.75 bits per heavy atom. The molecule has 0 unspecified atom stereocenters. The summed E-state index contributed by atoms with van der Waals surface area (Å²) < 4.78 is 5.33. The number of aromatic nitrogens is 2. The van der Waals surface area contributed by atoms with Crippen molar-refractivity contribution in [2.24, 2.45) is 0 Å². The lowest BCUT2D eigenvalue weighted by Gasteiger charge is -2.34. The van der Waals surface area contributed by atoms with Crippen LogP contribution in [-0.4, -0.2) is 74.8 Å². The number of nitrogens with zero attached hydrogens (tertiary/aromatic N) is 6. The quantitative estimate of drug-likeness (QED) is 0.329. The van der Waals surface area contributed by atoms with E-state index < -0.39 is 4.92 Å². The number of non-ortho nitro benzene ring substituents is 1. The maximum absolute atomic E-state index is 12.7. The number of nitro benzene ring substituents is 1. The maximum Gasteiger partial charge on any atom is 0.269 e. The summed E-state index contributed by atoms with van der Waals surface area (Å²) in [5, 5.41) is 14.8. The summed E-state index contributed by atoms with van der Waals surface area (Å²) in [4.78, 5) is 45.4. The molecule has 1 aromatic heterocycles. The van der Waals surface area contributed by atoms with Crippen molar-refractivity contribution in [1.82, 2.24) is 24.8 Å². The smallest absolute Gasteiger partial charge is 0.269 e. The third-order valence-electron chi connectivity index (χ3n) is 6.10. The Labute approximate surface area is 208 Å². The molecular formula is C25H28N6O5. The molecule has 2 amide bonds. The van der Waals surface area contributed by atoms with Crippen LogP contribution in [-0.2, 0) is 24.3 Å². The molecule has 0 spiro atoms. The highest BCUT2D eigenvalue weighted by molar-refractivity contribution is 5.94. The lowest BCUT2D eigenvalue weighted by Crippen LogP contribution is -2.48. The third kappa shape index (κ3) is 6.51. The van der Waals surface area contributed by atoms with Crippen molar-refractivity contribution in [3.8, 4) is 0 Å². The number of carbonyl (C=O) groups is 2. The van der Waals surface area contributed by atoms with Crippen LogP contribution in [0.3, 0.4) is 0 Å². The fraction of sp³-hybridized carbons (Fsp3) is 0.360. The molecule has 3 aromatic rings. The minimum atomic E-state index is -0.487. The molecule has 1 aliphatic heterocycles. The topological polar surface area (TPSA) is 126 Å². The highest BCUT2D eigenvalue weighted by Gasteiger charge is 2.24. The molecular weight excluding hydrogens is 464 g/mol. The summed E-state index contributed by atoms with van der Waals surface area (Å²) in [6.45, 7) is 3.39. The summed E-state index contributed by atoms with van der Waals surface area (Å²) >= 11 is 0. The normalized spacial score (nSPS) is 14.0. The lowest BCUT2D eigenvalue weighted by molar-refractivity contribution is -0.384. The molecule has 0 radical (unpaired) electrons. The minimum Gasteiger partial charge on any atom is -0.341 e. The van der Waals surface area contributed by atoms with Gasteiger partial charge in [0, 0.05) is 70.3 Å². The van der Waals surface area contributed by atoms with Gasteiger partial charge in [-0.1, -0.05) is 35.5 Å². The molecule has 4 rings (SSSR count). The molecule has 1 saturated heterocycles. The zero-order chi connectivity index (χ0) is 25.5. The number of piperazine rings is 1. The second kappa shape index (κ2) is 11.5. The Morgan fingerprint density at radius 3 is 2.42 bits per heavy atom. The molecule has 2 heterocycles. The summed E-state index contributed by atoms with van der Waals surface area (Å²) in [7, 11) is 1.78. The zero-order valence-electron chi connectivity index (χ0n) is 20.1. The number of rotatable bonds is 9. The standard InChI is InChI=1S/C25H28N6O5/c1-28(17-19-5-3-2-4-6-19)24(32)12-11-23-26-22(27-36-23)18-29-13-15-30(16-14-29)25(33)20-7-9-21(10-8-20)31(34)35/h2-10H,11-18H2,1H3. The van der Waals surface area contributed by atoms with E-state index in [0.29, 0.717) is 63.0 Å². The van der Waals surface area contributed by atoms with E-state index in [1.54, 1.807) is 16.8 Å². The molecule has 36 heavy (non-hydrogen) atoms. The van der Waals surface area contributed by atoms with Gasteiger partial charge in [0.1, 0.15) is 0 Å². The van der Waals surface area contributed by atoms with E-state index in [4.69, 9.17) is 4.52 Å². The molecule has 2 aromatic carbocycles. The Balaban J connectivity index is 1.20. The number of amides is 2. The van der Waals surface area contributed by atoms with Gasteiger partial charge in [0.05, 0.1) is 11.5 Å². The van der Waals surface area contributed by atoms with Crippen molar-refractivity contribution in [3.05, 3.63) is 87.6 Å². The van der Waals surface area contributed by atoms with E-state index >= 15 is 0 Å². The van der Waals surface area contributed by atoms with Crippen LogP contribution in [0.25, 0.3) is 0 Å². The van der Waals surface area contributed by atoms with Gasteiger partial charge in [-0.3, -0.25) is 24.6 Å². The van der Waals surface area contributed by atoms with Gasteiger partial charge in [0.2, 0.25) is 11.8 Å². The van der Waals surface area contributed by atoms with E-state index in [2.05, 4.69) is 15.0 Å². The Bertz CT molecular complexity index is 1190. The number of benzene rings is 2. The van der Waals surface area contributed by atoms with E-state index in [0.717, 1.165) is 5.56 Å². The second-order valence-electron chi connectivity index (χ2n) is 8.71. The van der Waals surface area contributed by atoms with Gasteiger partial charge in [0.15, 0.2) is 5.82 Å². The first-order valence-electron chi connectivity index (χ1n) is 11.7. The van der Waals surface area contributed by atoms with Crippen LogP contribution < -0.4 is 0 Å². The van der Waals surface area contributed by atoms with E-state index in [-0.39, 0.29) is 23.9 Å². The highest BCUT2D eigenvalue weighted by atomic mass is 16.6. The van der Waals surface area contributed by atoms with E-state index in [1.807, 2.05) is 30.3 Å². The van der Waals surface area contributed by atoms with E-state index in [9.17, 15) is 19.7 Å². The number of nitro groups is 1. The second-order valence-corrected chi connectivity index (χ2v) is 8.71. The number of aryl methyl sites for hydroxylation is 1. The first-order valence-corrected chi connectivity index (χ1v) is 11.7. The molecule has 0 aliphatic carbocycles. The predicted molar refractivity (Wildman–Crippen MR) is 130 cm³/mol. The van der Waals surface area contributed by atoms with Gasteiger partial charge >= 0.3 is 0 Å². The van der Waals surface area contributed by atoms with E-state index in [1.165, 1.54) is 24.3 Å². The summed E-state index contributed by atoms with van der Waals surface area (Å²) in [6, 6.07) is 15.5. The monoisotopic (exact) mass is 492 g/mol. The highest BCUT2D eigenvalue weighted by Crippen LogP contribution is 2.15. The third-order valence-corrected chi connectivity index (χ3v) is 6.10. The molecule has 0 saturated carbocycles. The van der Waals surface area contributed by atoms with Gasteiger partial charge in [-0.15, -0.1) is 0 Å². The van der Waals surface area contributed by atoms with Crippen LogP contribution in [0.15, 0.2) is 59.1 Å². The summed E-state index contributed by atoms with van der Waals surface area (Å²) in [5.74, 6) is 0.837. The van der Waals surface area contributed by atoms with Crippen molar-refractivity contribution in [1.29, 1.82) is 0 Å². The Hall–Kier alpha value is -4.12. The van der Waals surface area contributed by atoms with Gasteiger partial charge < -0.3 is 14.3 Å². The van der Waals surface area contributed by atoms with Crippen molar-refractivity contribution < 1.29 is 19.0 Å². The maximum atomic E-state index is 12.7. The molecule has 11 heteroatoms. The molecule has 1 fully saturated rings. The van der Waals surface area contributed by atoms with Gasteiger partial charge in [0.25, 0.3) is 11.6 Å². The van der Waals surface area contributed by atoms with Gasteiger partial charge in [-0.25, -0.2) is 0 Å². The van der Waals surface area contributed by atoms with Gasteiger partial charge in [-0.05, 0) is 17.7 Å². The first-order chi connectivity index (χ1) is 17.4. The van der Waals surface area contributed by atoms with Crippen molar-refractivity contribution >= 4 is 17.5 Å². The minimum absolute atomic E-state index is 0.00686. The van der Waals surface area contributed by atoms with Gasteiger partial charge in [-0.2, -0.15) is 4.98 Å². The van der Waals surface area contributed by atoms with Crippen LogP contribution in [0, 0.1) is 10.1 Å². The average Bonchev–Trinajstić information content (AvgIpc) is 3.35. The number of hydrogen-bond acceptors (Lipinski definition) is 8. The molecule has 188 valence electrons. The SMILES string of the molecule is CN(Cc1ccccc1)C(=O)CCc1nc(CN2CCN(C(=O)c3ccc([N+](=O)[O-])cc3)CC2)no1. The fourth-order valence-corrected chi connectivity index (χ4v) is 4.02. The lowest BCUT2D eigenvalue weighted by atomic mass is 10.1. The van der Waals surface area contributed by atoms with Crippen LogP contribution >= 0.6 is 0 Å². The van der Waals surface area contributed by atoms with Crippen LogP contribution in [0.5, 0.6) is 0 Å². The predicted octanol–water partition coefficient (Wildman–Crippen LogP) is 2.53. The molecule has 0 N–H and O–H groups in total. The van der Waals surface area contributed by atoms with Crippen molar-refractivity contribution in [2.75, 3.05) is 33.2 Å². The largest absolute Gasteiger partial charge is 0.341 e. The first kappa shape index (κ1) is 25.0. The number of carbonyl (C=O) groups excluding carboxylic acids is 2. The molecule has 1 aliphatic rings. The molecule has 0 atom stereocenters. The number of hydrogen-bond donors (Lipinski definition) is 0. The average molecular weight is 493 g/mol. The van der Waals surface area contributed by atoms with Crippen molar-refractivity contribution in [3.63, 3.8) is 0 Å². The zero-order valence-corrected chi connectivity index (χ0v) is 20.1. The fourth-order valence-electron chi connectivity index (χ4n) is 4.02. The van der Waals surface area contributed by atoms with Crippen LogP contribution in [0.2, 0.25) is 0 Å². The Morgan fingerprint density at radius 1 is 1.06 bits per heavy atom. The van der Waals surface area contributed by atoms with Crippen LogP contribution in [0.1, 0.15) is 34.1 Å². The summed E-state index contributed by atoms with van der Waals surface area (Å²) in [5.41, 5.74) is 1.46.